The Morgan fingerprint density at radius 1 is 1.33 bits per heavy atom. The fourth-order valence-corrected chi connectivity index (χ4v) is 1.16. The number of rotatable bonds is 6. The number of ether oxygens (including phenoxy) is 1. The molecule has 1 rings (SSSR count). The molecule has 0 radical (unpaired) electrons. The Kier molecular flexibility index (Phi) is 5.13. The molecule has 5 N–H and O–H groups in total. The maximum absolute atomic E-state index is 11.3. The summed E-state index contributed by atoms with van der Waals surface area (Å²) in [5, 5.41) is 2.65. The van der Waals surface area contributed by atoms with E-state index in [0.29, 0.717) is 11.4 Å². The minimum Gasteiger partial charge on any atom is -0.493 e. The summed E-state index contributed by atoms with van der Waals surface area (Å²) in [5.41, 5.74) is 11.1. The molecule has 0 saturated heterocycles. The SMILES string of the molecule is CC(N)C(=O)Nc1ccc(OCCC(N)=O)cc1. The Balaban J connectivity index is 2.47. The lowest BCUT2D eigenvalue weighted by molar-refractivity contribution is -0.118. The van der Waals surface area contributed by atoms with Gasteiger partial charge in [-0.05, 0) is 31.2 Å². The molecule has 0 spiro atoms. The van der Waals surface area contributed by atoms with Crippen molar-refractivity contribution in [2.75, 3.05) is 11.9 Å². The molecular formula is C12H17N3O3. The molecule has 1 atom stereocenters. The van der Waals surface area contributed by atoms with Gasteiger partial charge in [0, 0.05) is 5.69 Å². The third-order valence-electron chi connectivity index (χ3n) is 2.15. The van der Waals surface area contributed by atoms with E-state index in [9.17, 15) is 9.59 Å². The normalized spacial score (nSPS) is 11.7. The number of carbonyl (C=O) groups is 2. The molecule has 0 aliphatic heterocycles. The van der Waals surface area contributed by atoms with Crippen molar-refractivity contribution in [2.24, 2.45) is 11.5 Å². The van der Waals surface area contributed by atoms with Gasteiger partial charge in [-0.1, -0.05) is 0 Å². The molecule has 0 bridgehead atoms. The summed E-state index contributed by atoms with van der Waals surface area (Å²) < 4.78 is 5.29. The van der Waals surface area contributed by atoms with Crippen LogP contribution in [0.2, 0.25) is 0 Å². The van der Waals surface area contributed by atoms with Gasteiger partial charge in [-0.2, -0.15) is 0 Å². The highest BCUT2D eigenvalue weighted by molar-refractivity contribution is 5.94. The third kappa shape index (κ3) is 4.84. The average molecular weight is 251 g/mol. The maximum atomic E-state index is 11.3. The largest absolute Gasteiger partial charge is 0.493 e. The average Bonchev–Trinajstić information content (AvgIpc) is 2.30. The lowest BCUT2D eigenvalue weighted by Crippen LogP contribution is -2.32. The molecule has 18 heavy (non-hydrogen) atoms. The molecule has 98 valence electrons. The van der Waals surface area contributed by atoms with E-state index in [0.717, 1.165) is 0 Å². The van der Waals surface area contributed by atoms with Crippen molar-refractivity contribution in [1.29, 1.82) is 0 Å². The molecule has 1 aromatic rings. The summed E-state index contributed by atoms with van der Waals surface area (Å²) in [6.07, 6.45) is 0.170. The van der Waals surface area contributed by atoms with Gasteiger partial charge in [-0.3, -0.25) is 9.59 Å². The van der Waals surface area contributed by atoms with Crippen molar-refractivity contribution in [2.45, 2.75) is 19.4 Å². The van der Waals surface area contributed by atoms with Gasteiger partial charge in [0.15, 0.2) is 0 Å². The summed E-state index contributed by atoms with van der Waals surface area (Å²) in [7, 11) is 0. The van der Waals surface area contributed by atoms with Crippen molar-refractivity contribution in [3.8, 4) is 5.75 Å². The molecule has 6 heteroatoms. The topological polar surface area (TPSA) is 107 Å². The predicted molar refractivity (Wildman–Crippen MR) is 68.0 cm³/mol. The maximum Gasteiger partial charge on any atom is 0.240 e. The van der Waals surface area contributed by atoms with Gasteiger partial charge in [-0.15, -0.1) is 0 Å². The highest BCUT2D eigenvalue weighted by atomic mass is 16.5. The predicted octanol–water partition coefficient (Wildman–Crippen LogP) is 0.227. The molecular weight excluding hydrogens is 234 g/mol. The van der Waals surface area contributed by atoms with Crippen LogP contribution in [0.5, 0.6) is 5.75 Å². The second kappa shape index (κ2) is 6.61. The number of hydrogen-bond donors (Lipinski definition) is 3. The fourth-order valence-electron chi connectivity index (χ4n) is 1.16. The first-order chi connectivity index (χ1) is 8.49. The summed E-state index contributed by atoms with van der Waals surface area (Å²) in [6.45, 7) is 1.84. The molecule has 0 fully saturated rings. The molecule has 0 aromatic heterocycles. The van der Waals surface area contributed by atoms with Gasteiger partial charge in [0.1, 0.15) is 5.75 Å². The van der Waals surface area contributed by atoms with Crippen LogP contribution in [-0.2, 0) is 9.59 Å². The zero-order valence-electron chi connectivity index (χ0n) is 10.2. The first-order valence-electron chi connectivity index (χ1n) is 5.56. The number of benzene rings is 1. The van der Waals surface area contributed by atoms with Crippen molar-refractivity contribution >= 4 is 17.5 Å². The minimum absolute atomic E-state index is 0.170. The Morgan fingerprint density at radius 3 is 2.44 bits per heavy atom. The third-order valence-corrected chi connectivity index (χ3v) is 2.15. The zero-order valence-corrected chi connectivity index (χ0v) is 10.2. The number of hydrogen-bond acceptors (Lipinski definition) is 4. The summed E-state index contributed by atoms with van der Waals surface area (Å²) in [5.74, 6) is -0.0525. The first kappa shape index (κ1) is 14.0. The molecule has 0 saturated carbocycles. The summed E-state index contributed by atoms with van der Waals surface area (Å²) in [6, 6.07) is 6.21. The lowest BCUT2D eigenvalue weighted by atomic mass is 10.2. The van der Waals surface area contributed by atoms with Gasteiger partial charge >= 0.3 is 0 Å². The van der Waals surface area contributed by atoms with Crippen molar-refractivity contribution in [3.05, 3.63) is 24.3 Å². The summed E-state index contributed by atoms with van der Waals surface area (Å²) >= 11 is 0. The van der Waals surface area contributed by atoms with Crippen LogP contribution < -0.4 is 21.5 Å². The van der Waals surface area contributed by atoms with Crippen LogP contribution in [-0.4, -0.2) is 24.5 Å². The van der Waals surface area contributed by atoms with E-state index in [1.54, 1.807) is 31.2 Å². The van der Waals surface area contributed by atoms with Crippen LogP contribution in [0.3, 0.4) is 0 Å². The van der Waals surface area contributed by atoms with E-state index in [4.69, 9.17) is 16.2 Å². The molecule has 6 nitrogen and oxygen atoms in total. The quantitative estimate of drug-likeness (QED) is 0.672. The van der Waals surface area contributed by atoms with E-state index in [-0.39, 0.29) is 18.9 Å². The number of carbonyl (C=O) groups excluding carboxylic acids is 2. The van der Waals surface area contributed by atoms with Crippen LogP contribution >= 0.6 is 0 Å². The number of anilines is 1. The number of nitrogens with one attached hydrogen (secondary N) is 1. The molecule has 0 aliphatic carbocycles. The van der Waals surface area contributed by atoms with E-state index in [2.05, 4.69) is 5.32 Å². The molecule has 2 amide bonds. The van der Waals surface area contributed by atoms with Crippen molar-refractivity contribution in [1.82, 2.24) is 0 Å². The molecule has 1 unspecified atom stereocenters. The van der Waals surface area contributed by atoms with Crippen LogP contribution in [0.15, 0.2) is 24.3 Å². The Labute approximate surface area is 105 Å². The van der Waals surface area contributed by atoms with Crippen molar-refractivity contribution < 1.29 is 14.3 Å². The van der Waals surface area contributed by atoms with Crippen LogP contribution in [0.25, 0.3) is 0 Å². The highest BCUT2D eigenvalue weighted by Crippen LogP contribution is 2.15. The number of amides is 2. The van der Waals surface area contributed by atoms with E-state index < -0.39 is 11.9 Å². The second-order valence-electron chi connectivity index (χ2n) is 3.87. The second-order valence-corrected chi connectivity index (χ2v) is 3.87. The lowest BCUT2D eigenvalue weighted by Gasteiger charge is -2.09. The number of nitrogens with two attached hydrogens (primary N) is 2. The first-order valence-corrected chi connectivity index (χ1v) is 5.56. The monoisotopic (exact) mass is 251 g/mol. The van der Waals surface area contributed by atoms with Gasteiger partial charge in [0.05, 0.1) is 19.1 Å². The highest BCUT2D eigenvalue weighted by Gasteiger charge is 2.07. The van der Waals surface area contributed by atoms with Crippen molar-refractivity contribution in [3.63, 3.8) is 0 Å². The van der Waals surface area contributed by atoms with Gasteiger partial charge in [0.25, 0.3) is 0 Å². The van der Waals surface area contributed by atoms with E-state index in [1.807, 2.05) is 0 Å². The Morgan fingerprint density at radius 2 is 1.94 bits per heavy atom. The van der Waals surface area contributed by atoms with Crippen LogP contribution in [0.4, 0.5) is 5.69 Å². The molecule has 0 aliphatic rings. The van der Waals surface area contributed by atoms with Crippen LogP contribution in [0.1, 0.15) is 13.3 Å². The standard InChI is InChI=1S/C12H17N3O3/c1-8(13)12(17)15-9-2-4-10(5-3-9)18-7-6-11(14)16/h2-5,8H,6-7,13H2,1H3,(H2,14,16)(H,15,17). The van der Waals surface area contributed by atoms with Gasteiger partial charge in [-0.25, -0.2) is 0 Å². The zero-order chi connectivity index (χ0) is 13.5. The Hall–Kier alpha value is -2.08. The van der Waals surface area contributed by atoms with Gasteiger partial charge in [0.2, 0.25) is 11.8 Å². The van der Waals surface area contributed by atoms with E-state index in [1.165, 1.54) is 0 Å². The van der Waals surface area contributed by atoms with Crippen LogP contribution in [0, 0.1) is 0 Å². The van der Waals surface area contributed by atoms with E-state index >= 15 is 0 Å². The smallest absolute Gasteiger partial charge is 0.240 e. The fraction of sp³-hybridized carbons (Fsp3) is 0.333. The number of primary amides is 1. The summed E-state index contributed by atoms with van der Waals surface area (Å²) in [4.78, 5) is 21.8. The minimum atomic E-state index is -0.559. The Bertz CT molecular complexity index is 415. The van der Waals surface area contributed by atoms with Gasteiger partial charge < -0.3 is 21.5 Å². The molecule has 0 heterocycles. The molecule has 1 aromatic carbocycles.